The van der Waals surface area contributed by atoms with Gasteiger partial charge in [-0.15, -0.1) is 0 Å². The molecule has 0 aliphatic rings. The molecule has 3 aromatic heterocycles. The summed E-state index contributed by atoms with van der Waals surface area (Å²) in [7, 11) is 0.279. The van der Waals surface area contributed by atoms with Crippen LogP contribution in [0.15, 0.2) is 29.4 Å². The van der Waals surface area contributed by atoms with Crippen molar-refractivity contribution < 1.29 is 27.6 Å². The maximum atomic E-state index is 13.0. The molecule has 0 spiro atoms. The van der Waals surface area contributed by atoms with E-state index >= 15 is 0 Å². The normalized spacial score (nSPS) is 13.2. The Balaban J connectivity index is 0.00000341. The van der Waals surface area contributed by atoms with Gasteiger partial charge in [0.25, 0.3) is 0 Å². The zero-order valence-electron chi connectivity index (χ0n) is 17.9. The molecule has 31 heavy (non-hydrogen) atoms. The molecule has 0 bridgehead atoms. The van der Waals surface area contributed by atoms with Gasteiger partial charge < -0.3 is 14.8 Å². The van der Waals surface area contributed by atoms with Gasteiger partial charge >= 0.3 is 6.18 Å². The maximum Gasteiger partial charge on any atom is 0.433 e. The Kier molecular flexibility index (Phi) is 7.11. The highest BCUT2D eigenvalue weighted by atomic mass is 32.2. The summed E-state index contributed by atoms with van der Waals surface area (Å²) in [5.74, 6) is 1.14. The van der Waals surface area contributed by atoms with Gasteiger partial charge in [0.1, 0.15) is 17.1 Å². The first-order chi connectivity index (χ1) is 13.9. The van der Waals surface area contributed by atoms with Crippen LogP contribution in [0, 0.1) is 5.41 Å². The quantitative estimate of drug-likeness (QED) is 0.579. The molecule has 3 rings (SSSR count). The Bertz CT molecular complexity index is 1110. The topological polar surface area (TPSA) is 101 Å². The Morgan fingerprint density at radius 2 is 1.81 bits per heavy atom. The van der Waals surface area contributed by atoms with Crippen LogP contribution in [-0.4, -0.2) is 41.6 Å². The largest absolute Gasteiger partial charge is 0.491 e. The molecule has 0 fully saturated rings. The van der Waals surface area contributed by atoms with Crippen molar-refractivity contribution in [3.63, 3.8) is 0 Å². The Hall–Kier alpha value is -2.53. The predicted octanol–water partition coefficient (Wildman–Crippen LogP) is 3.78. The van der Waals surface area contributed by atoms with E-state index in [-0.39, 0.29) is 16.4 Å². The molecule has 3 heterocycles. The summed E-state index contributed by atoms with van der Waals surface area (Å²) >= 11 is 0. The van der Waals surface area contributed by atoms with Gasteiger partial charge in [-0.2, -0.15) is 13.2 Å². The number of imidazole rings is 1. The average Bonchev–Trinajstić information content (AvgIpc) is 3.00. The fourth-order valence-electron chi connectivity index (χ4n) is 2.76. The first-order valence-corrected chi connectivity index (χ1v) is 10.6. The summed E-state index contributed by atoms with van der Waals surface area (Å²) in [6.07, 6.45) is -1.92. The number of ether oxygens (including phenoxy) is 1. The van der Waals surface area contributed by atoms with Crippen LogP contribution >= 0.6 is 0 Å². The van der Waals surface area contributed by atoms with Crippen LogP contribution in [0.4, 0.5) is 13.2 Å². The summed E-state index contributed by atoms with van der Waals surface area (Å²) in [5.41, 5.74) is -0.191. The number of aryl methyl sites for hydroxylation is 1. The summed E-state index contributed by atoms with van der Waals surface area (Å²) in [6.45, 7) is 8.31. The van der Waals surface area contributed by atoms with E-state index in [1.54, 1.807) is 24.6 Å². The van der Waals surface area contributed by atoms with Crippen molar-refractivity contribution in [1.29, 1.82) is 0 Å². The number of hydrogen-bond acceptors (Lipinski definition) is 5. The van der Waals surface area contributed by atoms with Crippen molar-refractivity contribution in [2.24, 2.45) is 12.5 Å². The lowest BCUT2D eigenvalue weighted by Crippen LogP contribution is -2.17. The number of pyridine rings is 2. The molecule has 7 nitrogen and oxygen atoms in total. The van der Waals surface area contributed by atoms with Crippen LogP contribution in [0.25, 0.3) is 22.6 Å². The zero-order valence-corrected chi connectivity index (χ0v) is 18.7. The molecule has 170 valence electrons. The third-order valence-electron chi connectivity index (χ3n) is 4.28. The molecule has 0 saturated heterocycles. The Morgan fingerprint density at radius 1 is 1.13 bits per heavy atom. The zero-order chi connectivity index (χ0) is 22.3. The number of alkyl halides is 3. The number of halogens is 3. The highest BCUT2D eigenvalue weighted by Gasteiger charge is 2.33. The molecule has 0 saturated carbocycles. The molecule has 0 amide bonds. The van der Waals surface area contributed by atoms with Crippen molar-refractivity contribution >= 4 is 21.8 Å². The van der Waals surface area contributed by atoms with Gasteiger partial charge in [0.15, 0.2) is 5.82 Å². The van der Waals surface area contributed by atoms with E-state index < -0.39 is 22.7 Å². The van der Waals surface area contributed by atoms with Crippen LogP contribution in [0.1, 0.15) is 33.4 Å². The van der Waals surface area contributed by atoms with Gasteiger partial charge in [-0.05, 0) is 11.5 Å². The molecule has 1 atom stereocenters. The van der Waals surface area contributed by atoms with Crippen molar-refractivity contribution in [1.82, 2.24) is 19.5 Å². The first kappa shape index (κ1) is 24.7. The lowest BCUT2D eigenvalue weighted by atomic mass is 9.99. The molecule has 11 heteroatoms. The third kappa shape index (κ3) is 5.40. The second-order valence-corrected chi connectivity index (χ2v) is 9.76. The molecule has 0 aromatic carbocycles. The second-order valence-electron chi connectivity index (χ2n) is 8.05. The van der Waals surface area contributed by atoms with Crippen molar-refractivity contribution in [2.45, 2.75) is 38.8 Å². The van der Waals surface area contributed by atoms with E-state index in [0.717, 1.165) is 12.3 Å². The van der Waals surface area contributed by atoms with E-state index in [1.807, 2.05) is 20.8 Å². The molecule has 3 aromatic rings. The van der Waals surface area contributed by atoms with Gasteiger partial charge in [-0.3, -0.25) is 4.21 Å². The summed E-state index contributed by atoms with van der Waals surface area (Å²) in [4.78, 5) is 12.7. The van der Waals surface area contributed by atoms with Gasteiger partial charge in [0.05, 0.1) is 45.7 Å². The van der Waals surface area contributed by atoms with Crippen LogP contribution in [-0.2, 0) is 24.0 Å². The predicted molar refractivity (Wildman–Crippen MR) is 112 cm³/mol. The lowest BCUT2D eigenvalue weighted by molar-refractivity contribution is -0.141. The molecule has 0 aliphatic carbocycles. The minimum atomic E-state index is -4.56. The fraction of sp³-hybridized carbons (Fsp3) is 0.450. The van der Waals surface area contributed by atoms with Gasteiger partial charge in [0.2, 0.25) is 0 Å². The molecule has 1 unspecified atom stereocenters. The number of aromatic nitrogens is 4. The Morgan fingerprint density at radius 3 is 2.39 bits per heavy atom. The molecule has 0 radical (unpaired) electrons. The first-order valence-electron chi connectivity index (χ1n) is 9.32. The van der Waals surface area contributed by atoms with E-state index in [1.165, 1.54) is 6.20 Å². The molecule has 0 aliphatic heterocycles. The maximum absolute atomic E-state index is 13.0. The van der Waals surface area contributed by atoms with E-state index in [9.17, 15) is 17.4 Å². The Labute approximate surface area is 180 Å². The number of nitrogens with zero attached hydrogens (tertiary/aromatic N) is 4. The lowest BCUT2D eigenvalue weighted by Gasteiger charge is -2.19. The SMILES string of the molecule is CCS(=O)c1cc(OCC(C)(C)C)cnc1-c1nc2cc(C(F)(F)F)ncc2n1C.O. The van der Waals surface area contributed by atoms with Crippen LogP contribution in [0.5, 0.6) is 5.75 Å². The second kappa shape index (κ2) is 8.91. The van der Waals surface area contributed by atoms with Crippen LogP contribution in [0.2, 0.25) is 0 Å². The van der Waals surface area contributed by atoms with Crippen molar-refractivity contribution in [3.05, 3.63) is 30.2 Å². The van der Waals surface area contributed by atoms with Crippen LogP contribution in [0.3, 0.4) is 0 Å². The third-order valence-corrected chi connectivity index (χ3v) is 5.60. The summed E-state index contributed by atoms with van der Waals surface area (Å²) < 4.78 is 59.1. The van der Waals surface area contributed by atoms with Gasteiger partial charge in [-0.1, -0.05) is 27.7 Å². The van der Waals surface area contributed by atoms with Crippen molar-refractivity contribution in [3.8, 4) is 17.3 Å². The van der Waals surface area contributed by atoms with Gasteiger partial charge in [0, 0.05) is 18.9 Å². The molecular weight excluding hydrogens is 433 g/mol. The van der Waals surface area contributed by atoms with E-state index in [0.29, 0.717) is 40.0 Å². The minimum absolute atomic E-state index is 0. The number of rotatable bonds is 5. The monoisotopic (exact) mass is 458 g/mol. The molecular formula is C20H25F3N4O3S. The van der Waals surface area contributed by atoms with Gasteiger partial charge in [-0.25, -0.2) is 15.0 Å². The number of fused-ring (bicyclic) bond motifs is 1. The molecule has 2 N–H and O–H groups in total. The fourth-order valence-corrected chi connectivity index (χ4v) is 3.68. The van der Waals surface area contributed by atoms with Crippen molar-refractivity contribution in [2.75, 3.05) is 12.4 Å². The average molecular weight is 459 g/mol. The number of hydrogen-bond donors (Lipinski definition) is 0. The van der Waals surface area contributed by atoms with Crippen LogP contribution < -0.4 is 4.74 Å². The standard InChI is InChI=1S/C20H23F3N4O2S.H2O/c1-6-30(28)15-7-12(29-11-19(2,3)4)9-25-17(15)18-26-13-8-16(20(21,22)23)24-10-14(13)27(18)5;/h7-10H,6,11H2,1-5H3;1H2. The highest BCUT2D eigenvalue weighted by molar-refractivity contribution is 7.85. The van der Waals surface area contributed by atoms with E-state index in [4.69, 9.17) is 4.74 Å². The minimum Gasteiger partial charge on any atom is -0.491 e. The summed E-state index contributed by atoms with van der Waals surface area (Å²) in [5, 5.41) is 0. The smallest absolute Gasteiger partial charge is 0.433 e. The van der Waals surface area contributed by atoms with E-state index in [2.05, 4.69) is 15.0 Å². The highest BCUT2D eigenvalue weighted by Crippen LogP contribution is 2.33. The summed E-state index contributed by atoms with van der Waals surface area (Å²) in [6, 6.07) is 2.56.